The van der Waals surface area contributed by atoms with Gasteiger partial charge in [-0.05, 0) is 55.3 Å². The predicted molar refractivity (Wildman–Crippen MR) is 134 cm³/mol. The van der Waals surface area contributed by atoms with E-state index in [-0.39, 0.29) is 12.1 Å². The van der Waals surface area contributed by atoms with E-state index in [1.807, 2.05) is 25.1 Å². The molecule has 8 heteroatoms. The standard InChI is InChI=1S/C17H24N2O2.C9H11N3O/c1-13-11-15-12-14(3-4-16(15)17(20)21-13)5-6-19-9-7-18(2)8-10-19;10-7-12(11)9-3-1-8(2-4-9)5-6-13/h3-4,12-13H,5-11H2,1-2H3;1-4,6-7,10H,5,11H2. The number of fused-ring (bicyclic) bond motifs is 1. The first-order chi connectivity index (χ1) is 16.4. The van der Waals surface area contributed by atoms with E-state index in [2.05, 4.69) is 29.0 Å². The van der Waals surface area contributed by atoms with Crippen LogP contribution in [0.5, 0.6) is 0 Å². The number of ether oxygens (including phenoxy) is 1. The highest BCUT2D eigenvalue weighted by molar-refractivity contribution is 5.92. The molecule has 8 nitrogen and oxygen atoms in total. The van der Waals surface area contributed by atoms with Gasteiger partial charge < -0.3 is 19.3 Å². The summed E-state index contributed by atoms with van der Waals surface area (Å²) >= 11 is 0. The number of cyclic esters (lactones) is 1. The molecule has 0 spiro atoms. The number of nitrogens with one attached hydrogen (secondary N) is 1. The number of likely N-dealkylation sites (N-methyl/N-ethyl adjacent to an activating group) is 1. The Labute approximate surface area is 201 Å². The number of hydrazine groups is 1. The molecule has 1 fully saturated rings. The average Bonchev–Trinajstić information content (AvgIpc) is 2.84. The first-order valence-corrected chi connectivity index (χ1v) is 11.7. The Bertz CT molecular complexity index is 971. The van der Waals surface area contributed by atoms with Gasteiger partial charge in [0, 0.05) is 45.6 Å². The Kier molecular flexibility index (Phi) is 9.33. The van der Waals surface area contributed by atoms with Crippen molar-refractivity contribution in [3.63, 3.8) is 0 Å². The van der Waals surface area contributed by atoms with Crippen LogP contribution in [0.2, 0.25) is 0 Å². The van der Waals surface area contributed by atoms with E-state index < -0.39 is 0 Å². The summed E-state index contributed by atoms with van der Waals surface area (Å²) in [6.45, 7) is 7.70. The van der Waals surface area contributed by atoms with Crippen LogP contribution in [0.3, 0.4) is 0 Å². The van der Waals surface area contributed by atoms with Crippen molar-refractivity contribution in [2.45, 2.75) is 32.3 Å². The number of hydrogen-bond donors (Lipinski definition) is 2. The average molecular weight is 466 g/mol. The van der Waals surface area contributed by atoms with E-state index in [1.54, 1.807) is 12.1 Å². The second-order valence-corrected chi connectivity index (χ2v) is 8.88. The van der Waals surface area contributed by atoms with Crippen LogP contribution < -0.4 is 10.9 Å². The number of hydrogen-bond acceptors (Lipinski definition) is 7. The zero-order chi connectivity index (χ0) is 24.5. The van der Waals surface area contributed by atoms with Crippen LogP contribution in [0.15, 0.2) is 42.5 Å². The van der Waals surface area contributed by atoms with Crippen molar-refractivity contribution in [3.05, 3.63) is 64.7 Å². The predicted octanol–water partition coefficient (Wildman–Crippen LogP) is 2.29. The van der Waals surface area contributed by atoms with Gasteiger partial charge in [0.15, 0.2) is 0 Å². The lowest BCUT2D eigenvalue weighted by atomic mass is 9.96. The lowest BCUT2D eigenvalue weighted by molar-refractivity contribution is -0.107. The number of nitrogens with zero attached hydrogens (tertiary/aromatic N) is 3. The molecule has 2 aliphatic rings. The maximum Gasteiger partial charge on any atom is 0.338 e. The summed E-state index contributed by atoms with van der Waals surface area (Å²) in [6, 6.07) is 13.4. The van der Waals surface area contributed by atoms with Gasteiger partial charge in [-0.3, -0.25) is 10.4 Å². The molecule has 0 radical (unpaired) electrons. The molecule has 0 aliphatic carbocycles. The van der Waals surface area contributed by atoms with Gasteiger partial charge in [-0.15, -0.1) is 0 Å². The van der Waals surface area contributed by atoms with Gasteiger partial charge in [0.1, 0.15) is 18.7 Å². The fraction of sp³-hybridized carbons (Fsp3) is 0.423. The largest absolute Gasteiger partial charge is 0.459 e. The van der Waals surface area contributed by atoms with E-state index in [0.29, 0.717) is 6.42 Å². The third-order valence-corrected chi connectivity index (χ3v) is 6.21. The minimum absolute atomic E-state index is 0.00196. The van der Waals surface area contributed by atoms with E-state index in [9.17, 15) is 9.59 Å². The maximum absolute atomic E-state index is 11.8. The fourth-order valence-corrected chi connectivity index (χ4v) is 4.10. The molecule has 3 N–H and O–H groups in total. The lowest BCUT2D eigenvalue weighted by Gasteiger charge is -2.32. The van der Waals surface area contributed by atoms with Gasteiger partial charge in [-0.1, -0.05) is 24.3 Å². The minimum atomic E-state index is -0.172. The Balaban J connectivity index is 0.000000215. The van der Waals surface area contributed by atoms with Crippen molar-refractivity contribution in [1.29, 1.82) is 5.41 Å². The Morgan fingerprint density at radius 2 is 1.79 bits per heavy atom. The highest BCUT2D eigenvalue weighted by Crippen LogP contribution is 2.22. The molecular weight excluding hydrogens is 430 g/mol. The summed E-state index contributed by atoms with van der Waals surface area (Å²) in [5, 5.41) is 8.10. The molecular formula is C26H35N5O3. The van der Waals surface area contributed by atoms with Crippen molar-refractivity contribution >= 4 is 24.3 Å². The normalized spacial score (nSPS) is 18.2. The fourth-order valence-electron chi connectivity index (χ4n) is 4.10. The summed E-state index contributed by atoms with van der Waals surface area (Å²) in [6.07, 6.45) is 4.18. The number of benzene rings is 2. The number of carbonyl (C=O) groups excluding carboxylic acids is 2. The highest BCUT2D eigenvalue weighted by atomic mass is 16.5. The summed E-state index contributed by atoms with van der Waals surface area (Å²) in [7, 11) is 2.18. The number of esters is 1. The SMILES string of the molecule is CC1Cc2cc(CCN3CCN(C)CC3)ccc2C(=O)O1.N=CN(N)c1ccc(CC=O)cc1. The Morgan fingerprint density at radius 3 is 2.44 bits per heavy atom. The van der Waals surface area contributed by atoms with Crippen molar-refractivity contribution in [1.82, 2.24) is 9.80 Å². The molecule has 182 valence electrons. The smallest absolute Gasteiger partial charge is 0.338 e. The topological polar surface area (TPSA) is 103 Å². The molecule has 1 unspecified atom stereocenters. The number of nitrogens with two attached hydrogens (primary N) is 1. The Morgan fingerprint density at radius 1 is 1.12 bits per heavy atom. The molecule has 2 aliphatic heterocycles. The highest BCUT2D eigenvalue weighted by Gasteiger charge is 2.23. The van der Waals surface area contributed by atoms with E-state index in [1.165, 1.54) is 10.6 Å². The molecule has 2 heterocycles. The van der Waals surface area contributed by atoms with E-state index in [0.717, 1.165) is 80.6 Å². The van der Waals surface area contributed by atoms with E-state index >= 15 is 0 Å². The number of carbonyl (C=O) groups is 2. The zero-order valence-corrected chi connectivity index (χ0v) is 20.1. The summed E-state index contributed by atoms with van der Waals surface area (Å²) in [4.78, 5) is 26.9. The molecule has 0 saturated carbocycles. The first kappa shape index (κ1) is 25.6. The van der Waals surface area contributed by atoms with Crippen LogP contribution in [-0.2, 0) is 28.8 Å². The number of piperazine rings is 1. The van der Waals surface area contributed by atoms with Crippen LogP contribution in [0, 0.1) is 5.41 Å². The van der Waals surface area contributed by atoms with Crippen molar-refractivity contribution in [3.8, 4) is 0 Å². The molecule has 0 amide bonds. The van der Waals surface area contributed by atoms with Gasteiger partial charge in [0.25, 0.3) is 0 Å². The van der Waals surface area contributed by atoms with Gasteiger partial charge >= 0.3 is 5.97 Å². The quantitative estimate of drug-likeness (QED) is 0.161. The van der Waals surface area contributed by atoms with Gasteiger partial charge in [0.05, 0.1) is 11.3 Å². The van der Waals surface area contributed by atoms with Gasteiger partial charge in [-0.25, -0.2) is 10.6 Å². The van der Waals surface area contributed by atoms with Gasteiger partial charge in [-0.2, -0.15) is 0 Å². The van der Waals surface area contributed by atoms with Crippen LogP contribution in [0.25, 0.3) is 0 Å². The van der Waals surface area contributed by atoms with Crippen LogP contribution in [-0.4, -0.2) is 74.3 Å². The molecule has 0 bridgehead atoms. The second-order valence-electron chi connectivity index (χ2n) is 8.88. The van der Waals surface area contributed by atoms with Crippen molar-refractivity contribution in [2.75, 3.05) is 44.8 Å². The second kappa shape index (κ2) is 12.4. The number of anilines is 1. The summed E-state index contributed by atoms with van der Waals surface area (Å²) < 4.78 is 5.27. The summed E-state index contributed by atoms with van der Waals surface area (Å²) in [5.74, 6) is 5.27. The molecule has 1 atom stereocenters. The third-order valence-electron chi connectivity index (χ3n) is 6.21. The van der Waals surface area contributed by atoms with Crippen molar-refractivity contribution < 1.29 is 14.3 Å². The first-order valence-electron chi connectivity index (χ1n) is 11.7. The number of rotatable bonds is 7. The third kappa shape index (κ3) is 7.21. The molecule has 0 aromatic heterocycles. The summed E-state index contributed by atoms with van der Waals surface area (Å²) in [5.41, 5.74) is 4.89. The van der Waals surface area contributed by atoms with Crippen LogP contribution in [0.4, 0.5) is 5.69 Å². The number of aldehydes is 1. The van der Waals surface area contributed by atoms with Gasteiger partial charge in [0.2, 0.25) is 0 Å². The molecule has 2 aromatic rings. The molecule has 4 rings (SSSR count). The molecule has 1 saturated heterocycles. The molecule has 34 heavy (non-hydrogen) atoms. The lowest BCUT2D eigenvalue weighted by Crippen LogP contribution is -2.45. The van der Waals surface area contributed by atoms with E-state index in [4.69, 9.17) is 16.0 Å². The monoisotopic (exact) mass is 465 g/mol. The van der Waals surface area contributed by atoms with Crippen LogP contribution >= 0.6 is 0 Å². The maximum atomic E-state index is 11.8. The molecule has 2 aromatic carbocycles. The Hall–Kier alpha value is -3.07. The van der Waals surface area contributed by atoms with Crippen molar-refractivity contribution in [2.24, 2.45) is 5.84 Å². The zero-order valence-electron chi connectivity index (χ0n) is 20.1. The minimum Gasteiger partial charge on any atom is -0.459 e. The van der Waals surface area contributed by atoms with Crippen LogP contribution in [0.1, 0.15) is 34.0 Å².